The molecule has 194 valence electrons. The molecule has 0 unspecified atom stereocenters. The minimum atomic E-state index is -3.68. The van der Waals surface area contributed by atoms with Gasteiger partial charge in [0, 0.05) is 10.8 Å². The lowest BCUT2D eigenvalue weighted by Crippen LogP contribution is -2.53. The second-order valence-electron chi connectivity index (χ2n) is 9.42. The fourth-order valence-electron chi connectivity index (χ4n) is 2.51. The van der Waals surface area contributed by atoms with Crippen LogP contribution >= 0.6 is 10.8 Å². The van der Waals surface area contributed by atoms with Gasteiger partial charge < -0.3 is 18.6 Å². The van der Waals surface area contributed by atoms with Gasteiger partial charge in [-0.1, -0.05) is 38.5 Å². The van der Waals surface area contributed by atoms with Crippen LogP contribution in [-0.4, -0.2) is 61.0 Å². The van der Waals surface area contributed by atoms with Gasteiger partial charge in [0.2, 0.25) is 14.3 Å². The standard InChI is InChI=1S/C23H38O8S2Si/c1-9-29-20(24)23(21(25)30-10-2,16-31-34(7,8)22(4,5)6)15-28-17-32-33(26,27)19-13-11-18(3)12-14-19/h11-14H,9-10,15-17H2,1-8H3. The van der Waals surface area contributed by atoms with Crippen LogP contribution in [0.25, 0.3) is 0 Å². The van der Waals surface area contributed by atoms with Gasteiger partial charge in [-0.3, -0.25) is 9.59 Å². The van der Waals surface area contributed by atoms with Crippen LogP contribution in [0.2, 0.25) is 18.1 Å². The van der Waals surface area contributed by atoms with E-state index in [1.807, 2.05) is 40.8 Å². The molecule has 0 aliphatic carbocycles. The molecule has 0 aliphatic rings. The van der Waals surface area contributed by atoms with E-state index in [4.69, 9.17) is 18.6 Å². The van der Waals surface area contributed by atoms with E-state index in [9.17, 15) is 18.0 Å². The summed E-state index contributed by atoms with van der Waals surface area (Å²) in [5.41, 5.74) is -0.925. The molecule has 0 heterocycles. The highest BCUT2D eigenvalue weighted by Gasteiger charge is 2.52. The van der Waals surface area contributed by atoms with Gasteiger partial charge in [-0.25, -0.2) is 8.42 Å². The number of benzene rings is 1. The molecule has 1 rings (SSSR count). The molecule has 8 nitrogen and oxygen atoms in total. The fraction of sp³-hybridized carbons (Fsp3) is 0.652. The van der Waals surface area contributed by atoms with Crippen LogP contribution in [0.4, 0.5) is 0 Å². The largest absolute Gasteiger partial charge is 0.465 e. The molecule has 0 spiro atoms. The van der Waals surface area contributed by atoms with E-state index in [0.29, 0.717) is 10.8 Å². The third kappa shape index (κ3) is 8.08. The minimum Gasteiger partial charge on any atom is -0.465 e. The number of carbonyl (C=O) groups is 2. The van der Waals surface area contributed by atoms with Crippen molar-refractivity contribution in [3.63, 3.8) is 0 Å². The SMILES string of the molecule is CCOC(=O)C(COCSS(=O)(=O)c1ccc(C)cc1)(CO[Si](C)(C)C(C)(C)C)C(=O)OCC. The van der Waals surface area contributed by atoms with Crippen LogP contribution in [0, 0.1) is 12.3 Å². The van der Waals surface area contributed by atoms with E-state index in [1.165, 1.54) is 12.1 Å². The van der Waals surface area contributed by atoms with Gasteiger partial charge in [0.25, 0.3) is 0 Å². The number of hydrogen-bond donors (Lipinski definition) is 0. The summed E-state index contributed by atoms with van der Waals surface area (Å²) in [6.45, 7) is 14.6. The van der Waals surface area contributed by atoms with E-state index in [1.54, 1.807) is 26.0 Å². The van der Waals surface area contributed by atoms with E-state index < -0.39 is 41.1 Å². The lowest BCUT2D eigenvalue weighted by atomic mass is 9.90. The van der Waals surface area contributed by atoms with Gasteiger partial charge >= 0.3 is 11.9 Å². The summed E-state index contributed by atoms with van der Waals surface area (Å²) < 4.78 is 47.4. The van der Waals surface area contributed by atoms with Crippen molar-refractivity contribution in [3.05, 3.63) is 29.8 Å². The maximum Gasteiger partial charge on any atom is 0.328 e. The van der Waals surface area contributed by atoms with Gasteiger partial charge in [-0.05, 0) is 51.0 Å². The van der Waals surface area contributed by atoms with E-state index in [2.05, 4.69) is 0 Å². The zero-order chi connectivity index (χ0) is 26.2. The topological polar surface area (TPSA) is 105 Å². The quantitative estimate of drug-likeness (QED) is 0.0901. The van der Waals surface area contributed by atoms with Crippen LogP contribution in [0.3, 0.4) is 0 Å². The zero-order valence-corrected chi connectivity index (χ0v) is 24.1. The Labute approximate surface area is 208 Å². The van der Waals surface area contributed by atoms with Gasteiger partial charge in [-0.15, -0.1) is 0 Å². The molecule has 0 amide bonds. The zero-order valence-electron chi connectivity index (χ0n) is 21.4. The first-order valence-corrected chi connectivity index (χ1v) is 17.0. The van der Waals surface area contributed by atoms with Crippen LogP contribution in [0.15, 0.2) is 29.2 Å². The molecule has 0 fully saturated rings. The molecule has 34 heavy (non-hydrogen) atoms. The molecule has 11 heteroatoms. The van der Waals surface area contributed by atoms with Crippen molar-refractivity contribution >= 4 is 39.9 Å². The average molecular weight is 535 g/mol. The van der Waals surface area contributed by atoms with E-state index in [0.717, 1.165) is 5.56 Å². The van der Waals surface area contributed by atoms with Crippen LogP contribution in [-0.2, 0) is 37.1 Å². The molecule has 0 saturated heterocycles. The number of esters is 2. The third-order valence-electron chi connectivity index (χ3n) is 5.76. The lowest BCUT2D eigenvalue weighted by molar-refractivity contribution is -0.179. The van der Waals surface area contributed by atoms with Crippen molar-refractivity contribution in [2.24, 2.45) is 5.41 Å². The first-order valence-electron chi connectivity index (χ1n) is 11.1. The number of ether oxygens (including phenoxy) is 3. The molecule has 0 atom stereocenters. The Bertz CT molecular complexity index is 903. The monoisotopic (exact) mass is 534 g/mol. The number of carbonyl (C=O) groups excluding carboxylic acids is 2. The van der Waals surface area contributed by atoms with E-state index in [-0.39, 0.29) is 35.7 Å². The number of hydrogen-bond acceptors (Lipinski definition) is 9. The summed E-state index contributed by atoms with van der Waals surface area (Å²) in [7, 11) is -5.46. The first kappa shape index (κ1) is 30.6. The van der Waals surface area contributed by atoms with Crippen molar-refractivity contribution in [2.45, 2.75) is 64.6 Å². The van der Waals surface area contributed by atoms with Crippen molar-refractivity contribution in [2.75, 3.05) is 32.4 Å². The summed E-state index contributed by atoms with van der Waals surface area (Å²) in [4.78, 5) is 26.1. The Morgan fingerprint density at radius 2 is 1.44 bits per heavy atom. The lowest BCUT2D eigenvalue weighted by Gasteiger charge is -2.39. The highest BCUT2D eigenvalue weighted by molar-refractivity contribution is 8.72. The summed E-state index contributed by atoms with van der Waals surface area (Å²) in [6.07, 6.45) is 0. The van der Waals surface area contributed by atoms with Crippen LogP contribution in [0.5, 0.6) is 0 Å². The van der Waals surface area contributed by atoms with Crippen LogP contribution in [0.1, 0.15) is 40.2 Å². The maximum absolute atomic E-state index is 13.0. The van der Waals surface area contributed by atoms with Gasteiger partial charge in [0.05, 0.1) is 31.3 Å². The number of rotatable bonds is 13. The molecular weight excluding hydrogens is 496 g/mol. The summed E-state index contributed by atoms with van der Waals surface area (Å²) in [5, 5.41) is -0.166. The Kier molecular flexibility index (Phi) is 11.3. The molecular formula is C23H38O8S2Si. The van der Waals surface area contributed by atoms with Crippen molar-refractivity contribution in [1.82, 2.24) is 0 Å². The highest BCUT2D eigenvalue weighted by atomic mass is 33.1. The molecule has 0 aromatic heterocycles. The van der Waals surface area contributed by atoms with Crippen molar-refractivity contribution in [3.8, 4) is 0 Å². The molecule has 0 bridgehead atoms. The molecule has 0 N–H and O–H groups in total. The van der Waals surface area contributed by atoms with Gasteiger partial charge in [-0.2, -0.15) is 0 Å². The minimum absolute atomic E-state index is 0.0522. The second kappa shape index (κ2) is 12.5. The van der Waals surface area contributed by atoms with Crippen molar-refractivity contribution < 1.29 is 36.6 Å². The maximum atomic E-state index is 13.0. The highest BCUT2D eigenvalue weighted by Crippen LogP contribution is 2.38. The molecule has 0 saturated carbocycles. The Morgan fingerprint density at radius 1 is 0.941 bits per heavy atom. The van der Waals surface area contributed by atoms with Gasteiger partial charge in [0.15, 0.2) is 8.32 Å². The Morgan fingerprint density at radius 3 is 1.88 bits per heavy atom. The Hall–Kier alpha value is -1.40. The number of aryl methyl sites for hydroxylation is 1. The van der Waals surface area contributed by atoms with E-state index >= 15 is 0 Å². The summed E-state index contributed by atoms with van der Waals surface area (Å²) in [6, 6.07) is 6.45. The Balaban J connectivity index is 3.09. The smallest absolute Gasteiger partial charge is 0.328 e. The predicted octanol–water partition coefficient (Wildman–Crippen LogP) is 4.53. The average Bonchev–Trinajstić information content (AvgIpc) is 2.73. The molecule has 1 aromatic rings. The normalized spacial score (nSPS) is 12.9. The molecule has 0 aliphatic heterocycles. The molecule has 0 radical (unpaired) electrons. The molecule has 1 aromatic carbocycles. The summed E-state index contributed by atoms with van der Waals surface area (Å²) in [5.74, 6) is -1.94. The van der Waals surface area contributed by atoms with Crippen molar-refractivity contribution in [1.29, 1.82) is 0 Å². The third-order valence-corrected chi connectivity index (χ3v) is 13.5. The second-order valence-corrected chi connectivity index (χ2v) is 18.1. The van der Waals surface area contributed by atoms with Gasteiger partial charge in [0.1, 0.15) is 5.94 Å². The fourth-order valence-corrected chi connectivity index (χ4v) is 5.76. The van der Waals surface area contributed by atoms with Crippen LogP contribution < -0.4 is 0 Å². The predicted molar refractivity (Wildman–Crippen MR) is 136 cm³/mol. The first-order chi connectivity index (χ1) is 15.6. The summed E-state index contributed by atoms with van der Waals surface area (Å²) >= 11 is 0.